The lowest BCUT2D eigenvalue weighted by atomic mass is 10.0. The van der Waals surface area contributed by atoms with Crippen molar-refractivity contribution in [3.63, 3.8) is 0 Å². The largest absolute Gasteiger partial charge is 0.267 e. The summed E-state index contributed by atoms with van der Waals surface area (Å²) >= 11 is 0. The fourth-order valence-corrected chi connectivity index (χ4v) is 3.15. The second kappa shape index (κ2) is 4.66. The molecule has 0 aliphatic carbocycles. The summed E-state index contributed by atoms with van der Waals surface area (Å²) in [6, 6.07) is 6.21. The molecule has 0 N–H and O–H groups in total. The van der Waals surface area contributed by atoms with Gasteiger partial charge in [0.2, 0.25) is 9.84 Å². The molecule has 0 unspecified atom stereocenters. The molecule has 1 aliphatic rings. The van der Waals surface area contributed by atoms with Crippen LogP contribution in [0.5, 0.6) is 0 Å². The third-order valence-electron chi connectivity index (χ3n) is 3.54. The summed E-state index contributed by atoms with van der Waals surface area (Å²) in [5, 5.41) is 3.93. The maximum atomic E-state index is 13.9. The molecule has 0 saturated carbocycles. The topological polar surface area (TPSA) is 64.8 Å². The smallest absolute Gasteiger partial charge is 0.241 e. The molecule has 0 fully saturated rings. The van der Waals surface area contributed by atoms with Crippen LogP contribution in [0.15, 0.2) is 29.4 Å². The van der Waals surface area contributed by atoms with Gasteiger partial charge in [-0.25, -0.2) is 22.5 Å². The summed E-state index contributed by atoms with van der Waals surface area (Å²) in [5.74, 6) is 0.256. The Morgan fingerprint density at radius 3 is 2.85 bits per heavy atom. The molecule has 0 spiro atoms. The van der Waals surface area contributed by atoms with E-state index in [1.54, 1.807) is 29.8 Å². The van der Waals surface area contributed by atoms with Crippen molar-refractivity contribution in [1.82, 2.24) is 14.8 Å². The summed E-state index contributed by atoms with van der Waals surface area (Å²) in [6.07, 6.45) is 1.29. The van der Waals surface area contributed by atoms with Crippen LogP contribution in [-0.2, 0) is 16.3 Å². The third kappa shape index (κ3) is 2.02. The Bertz CT molecular complexity index is 755. The van der Waals surface area contributed by atoms with Gasteiger partial charge in [-0.15, -0.1) is 5.10 Å². The molecule has 0 amide bonds. The van der Waals surface area contributed by atoms with Gasteiger partial charge < -0.3 is 0 Å². The lowest BCUT2D eigenvalue weighted by Crippen LogP contribution is -2.12. The molecule has 20 heavy (non-hydrogen) atoms. The first-order valence-corrected chi connectivity index (χ1v) is 8.10. The minimum Gasteiger partial charge on any atom is -0.241 e. The molecule has 1 aliphatic heterocycles. The van der Waals surface area contributed by atoms with Gasteiger partial charge in [0, 0.05) is 12.0 Å². The van der Waals surface area contributed by atoms with Gasteiger partial charge in [-0.1, -0.05) is 25.1 Å². The highest BCUT2D eigenvalue weighted by atomic mass is 32.2. The lowest BCUT2D eigenvalue weighted by Gasteiger charge is -2.12. The second-order valence-corrected chi connectivity index (χ2v) is 6.91. The van der Waals surface area contributed by atoms with Gasteiger partial charge in [0.15, 0.2) is 0 Å². The molecule has 5 nitrogen and oxygen atoms in total. The predicted molar refractivity (Wildman–Crippen MR) is 70.6 cm³/mol. The number of sulfone groups is 1. The Morgan fingerprint density at radius 1 is 1.40 bits per heavy atom. The van der Waals surface area contributed by atoms with E-state index < -0.39 is 9.84 Å². The van der Waals surface area contributed by atoms with E-state index in [-0.39, 0.29) is 22.8 Å². The quantitative estimate of drug-likeness (QED) is 0.865. The highest BCUT2D eigenvalue weighted by Gasteiger charge is 2.31. The van der Waals surface area contributed by atoms with Crippen molar-refractivity contribution in [2.24, 2.45) is 0 Å². The van der Waals surface area contributed by atoms with Crippen LogP contribution >= 0.6 is 0 Å². The van der Waals surface area contributed by atoms with Crippen LogP contribution in [0.4, 0.5) is 4.39 Å². The number of hydrogen-bond acceptors (Lipinski definition) is 4. The molecule has 1 aromatic carbocycles. The number of hydrogen-bond donors (Lipinski definition) is 0. The summed E-state index contributed by atoms with van der Waals surface area (Å²) in [7, 11) is -3.43. The highest BCUT2D eigenvalue weighted by Crippen LogP contribution is 2.32. The molecule has 0 radical (unpaired) electrons. The number of fused-ring (bicyclic) bond motifs is 1. The molecule has 2 heterocycles. The number of halogens is 1. The molecule has 1 aromatic heterocycles. The minimum atomic E-state index is -3.43. The molecule has 1 atom stereocenters. The fraction of sp³-hybridized carbons (Fsp3) is 0.385. The van der Waals surface area contributed by atoms with E-state index in [1.165, 1.54) is 6.07 Å². The number of aryl methyl sites for hydroxylation is 1. The van der Waals surface area contributed by atoms with Crippen LogP contribution < -0.4 is 0 Å². The minimum absolute atomic E-state index is 0.0409. The monoisotopic (exact) mass is 295 g/mol. The normalized spacial score (nSPS) is 18.2. The van der Waals surface area contributed by atoms with Crippen LogP contribution in [0.25, 0.3) is 0 Å². The van der Waals surface area contributed by atoms with Gasteiger partial charge in [0.05, 0.1) is 11.8 Å². The van der Waals surface area contributed by atoms with Crippen molar-refractivity contribution >= 4 is 9.84 Å². The Morgan fingerprint density at radius 2 is 2.15 bits per heavy atom. The van der Waals surface area contributed by atoms with E-state index in [0.717, 1.165) is 0 Å². The van der Waals surface area contributed by atoms with E-state index >= 15 is 0 Å². The van der Waals surface area contributed by atoms with Crippen molar-refractivity contribution in [3.8, 4) is 0 Å². The molecule has 106 valence electrons. The third-order valence-corrected chi connectivity index (χ3v) is 5.03. The maximum Gasteiger partial charge on any atom is 0.267 e. The lowest BCUT2D eigenvalue weighted by molar-refractivity contribution is 0.502. The average molecular weight is 295 g/mol. The van der Waals surface area contributed by atoms with Gasteiger partial charge in [0.25, 0.3) is 5.16 Å². The van der Waals surface area contributed by atoms with Gasteiger partial charge in [-0.05, 0) is 12.5 Å². The van der Waals surface area contributed by atoms with Crippen molar-refractivity contribution in [2.45, 2.75) is 31.0 Å². The maximum absolute atomic E-state index is 13.9. The standard InChI is InChI=1S/C13H14FN3O2S/c1-2-20(18,19)13-15-12-8-7-11(17(12)16-13)9-5-3-4-6-10(9)14/h3-6,11H,2,7-8H2,1H3/t11-/m0/s1. The second-order valence-electron chi connectivity index (χ2n) is 4.73. The van der Waals surface area contributed by atoms with Crippen LogP contribution in [0, 0.1) is 5.82 Å². The number of benzene rings is 1. The van der Waals surface area contributed by atoms with Gasteiger partial charge in [-0.3, -0.25) is 0 Å². The molecule has 3 rings (SSSR count). The molecule has 2 aromatic rings. The summed E-state index contributed by atoms with van der Waals surface area (Å²) in [6.45, 7) is 1.55. The number of rotatable bonds is 3. The van der Waals surface area contributed by atoms with Crippen LogP contribution in [0.3, 0.4) is 0 Å². The predicted octanol–water partition coefficient (Wildman–Crippen LogP) is 1.75. The van der Waals surface area contributed by atoms with E-state index in [9.17, 15) is 12.8 Å². The molecule has 0 bridgehead atoms. The molecule has 0 saturated heterocycles. The zero-order valence-corrected chi connectivity index (χ0v) is 11.8. The van der Waals surface area contributed by atoms with Crippen LogP contribution in [0.2, 0.25) is 0 Å². The Hall–Kier alpha value is -1.76. The average Bonchev–Trinajstić information content (AvgIpc) is 3.00. The Kier molecular flexibility index (Phi) is 3.08. The number of nitrogens with zero attached hydrogens (tertiary/aromatic N) is 3. The van der Waals surface area contributed by atoms with Gasteiger partial charge in [0.1, 0.15) is 11.6 Å². The molecule has 7 heteroatoms. The van der Waals surface area contributed by atoms with Crippen molar-refractivity contribution in [3.05, 3.63) is 41.5 Å². The van der Waals surface area contributed by atoms with E-state index in [2.05, 4.69) is 10.1 Å². The summed E-state index contributed by atoms with van der Waals surface area (Å²) in [4.78, 5) is 4.08. The molecular weight excluding hydrogens is 281 g/mol. The first-order chi connectivity index (χ1) is 9.53. The number of aromatic nitrogens is 3. The first kappa shape index (κ1) is 13.2. The zero-order valence-electron chi connectivity index (χ0n) is 11.0. The van der Waals surface area contributed by atoms with Crippen molar-refractivity contribution in [1.29, 1.82) is 0 Å². The Balaban J connectivity index is 2.05. The zero-order chi connectivity index (χ0) is 14.3. The first-order valence-electron chi connectivity index (χ1n) is 6.45. The van der Waals surface area contributed by atoms with Gasteiger partial charge >= 0.3 is 0 Å². The fourth-order valence-electron chi connectivity index (χ4n) is 2.44. The highest BCUT2D eigenvalue weighted by molar-refractivity contribution is 7.91. The van der Waals surface area contributed by atoms with Gasteiger partial charge in [-0.2, -0.15) is 0 Å². The summed E-state index contributed by atoms with van der Waals surface area (Å²) in [5.41, 5.74) is 0.525. The van der Waals surface area contributed by atoms with E-state index in [1.807, 2.05) is 0 Å². The van der Waals surface area contributed by atoms with Crippen LogP contribution in [-0.4, -0.2) is 28.9 Å². The SMILES string of the molecule is CCS(=O)(=O)c1nc2n(n1)[C@H](c1ccccc1F)CC2. The Labute approximate surface area is 116 Å². The van der Waals surface area contributed by atoms with Crippen molar-refractivity contribution < 1.29 is 12.8 Å². The van der Waals surface area contributed by atoms with E-state index in [4.69, 9.17) is 0 Å². The molecular formula is C13H14FN3O2S. The summed E-state index contributed by atoms with van der Waals surface area (Å²) < 4.78 is 39.0. The van der Waals surface area contributed by atoms with E-state index in [0.29, 0.717) is 24.2 Å². The van der Waals surface area contributed by atoms with Crippen molar-refractivity contribution in [2.75, 3.05) is 5.75 Å². The van der Waals surface area contributed by atoms with Crippen LogP contribution in [0.1, 0.15) is 30.8 Å².